The minimum atomic E-state index is -0.0550. The van der Waals surface area contributed by atoms with Gasteiger partial charge in [-0.05, 0) is 51.3 Å². The molecule has 2 N–H and O–H groups in total. The van der Waals surface area contributed by atoms with Crippen LogP contribution in [0.5, 0.6) is 5.75 Å². The molecule has 1 fully saturated rings. The number of aromatic nitrogens is 4. The Kier molecular flexibility index (Phi) is 4.64. The molecule has 0 radical (unpaired) electrons. The molecule has 0 atom stereocenters. The van der Waals surface area contributed by atoms with Crippen molar-refractivity contribution in [2.24, 2.45) is 0 Å². The predicted octanol–water partition coefficient (Wildman–Crippen LogP) is 3.57. The van der Waals surface area contributed by atoms with Crippen LogP contribution in [0.15, 0.2) is 41.9 Å². The highest BCUT2D eigenvalue weighted by Gasteiger charge is 2.40. The van der Waals surface area contributed by atoms with Crippen LogP contribution in [0.1, 0.15) is 40.0 Å². The van der Waals surface area contributed by atoms with Crippen LogP contribution in [0, 0.1) is 0 Å². The first-order valence-electron chi connectivity index (χ1n) is 10.6. The van der Waals surface area contributed by atoms with Crippen molar-refractivity contribution < 1.29 is 9.53 Å². The number of nitrogens with one attached hydrogen (secondary N) is 2. The number of ether oxygens (including phenoxy) is 1. The van der Waals surface area contributed by atoms with E-state index in [9.17, 15) is 4.79 Å². The van der Waals surface area contributed by atoms with Gasteiger partial charge >= 0.3 is 0 Å². The molecule has 1 amide bonds. The van der Waals surface area contributed by atoms with Crippen LogP contribution in [-0.4, -0.2) is 44.8 Å². The fourth-order valence-corrected chi connectivity index (χ4v) is 3.88. The van der Waals surface area contributed by atoms with Crippen molar-refractivity contribution in [3.05, 3.63) is 41.9 Å². The van der Waals surface area contributed by atoms with Gasteiger partial charge in [0.25, 0.3) is 0 Å². The first kappa shape index (κ1) is 19.5. The predicted molar refractivity (Wildman–Crippen MR) is 119 cm³/mol. The van der Waals surface area contributed by atoms with Crippen molar-refractivity contribution in [2.75, 3.05) is 18.0 Å². The molecular weight excluding hydrogens is 392 g/mol. The molecule has 0 saturated heterocycles. The van der Waals surface area contributed by atoms with Crippen molar-refractivity contribution in [3.8, 4) is 17.1 Å². The quantitative estimate of drug-likeness (QED) is 0.658. The van der Waals surface area contributed by atoms with E-state index in [1.165, 1.54) is 12.5 Å². The van der Waals surface area contributed by atoms with Gasteiger partial charge in [0.05, 0.1) is 17.8 Å². The van der Waals surface area contributed by atoms with Crippen molar-refractivity contribution in [3.63, 3.8) is 0 Å². The van der Waals surface area contributed by atoms with E-state index in [2.05, 4.69) is 44.2 Å². The second-order valence-electron chi connectivity index (χ2n) is 8.70. The van der Waals surface area contributed by atoms with Crippen LogP contribution in [0.4, 0.5) is 5.82 Å². The van der Waals surface area contributed by atoms with Crippen LogP contribution in [0.2, 0.25) is 0 Å². The molecule has 2 aromatic heterocycles. The Hall–Kier alpha value is -3.42. The number of H-pyrrole nitrogens is 1. The summed E-state index contributed by atoms with van der Waals surface area (Å²) in [7, 11) is 0. The van der Waals surface area contributed by atoms with Gasteiger partial charge in [-0.15, -0.1) is 0 Å². The molecule has 0 unspecified atom stereocenters. The Balaban J connectivity index is 1.44. The van der Waals surface area contributed by atoms with Crippen molar-refractivity contribution in [2.45, 2.75) is 45.6 Å². The third-order valence-electron chi connectivity index (χ3n) is 6.02. The number of anilines is 1. The Morgan fingerprint density at radius 3 is 2.87 bits per heavy atom. The lowest BCUT2D eigenvalue weighted by Crippen LogP contribution is -2.38. The summed E-state index contributed by atoms with van der Waals surface area (Å²) in [6.07, 6.45) is 4.62. The molecule has 0 bridgehead atoms. The zero-order valence-electron chi connectivity index (χ0n) is 18.0. The van der Waals surface area contributed by atoms with Crippen molar-refractivity contribution >= 4 is 22.6 Å². The molecule has 8 heteroatoms. The maximum absolute atomic E-state index is 11.5. The standard InChI is InChI=1S/C23H26N6O2/c1-14-6-9-29(12-20(14)26-15(2)30)21-11-19(24-13-25-21)22-17-10-16(31-23(3)7-8-23)4-5-18(17)27-28-22/h4-5,10-11,13H,6-9,12H2,1-3H3,(H,26,30)(H,27,28). The monoisotopic (exact) mass is 418 g/mol. The van der Waals surface area contributed by atoms with Crippen molar-refractivity contribution in [1.82, 2.24) is 25.5 Å². The van der Waals surface area contributed by atoms with Crippen LogP contribution in [0.3, 0.4) is 0 Å². The number of rotatable bonds is 5. The Morgan fingerprint density at radius 1 is 1.26 bits per heavy atom. The highest BCUT2D eigenvalue weighted by atomic mass is 16.5. The first-order valence-corrected chi connectivity index (χ1v) is 10.6. The van der Waals surface area contributed by atoms with Gasteiger partial charge in [0, 0.05) is 30.6 Å². The lowest BCUT2D eigenvalue weighted by Gasteiger charge is -2.30. The number of nitrogens with zero attached hydrogens (tertiary/aromatic N) is 4. The second-order valence-corrected chi connectivity index (χ2v) is 8.70. The fraction of sp³-hybridized carbons (Fsp3) is 0.391. The van der Waals surface area contributed by atoms with E-state index in [1.807, 2.05) is 24.3 Å². The van der Waals surface area contributed by atoms with E-state index in [4.69, 9.17) is 4.74 Å². The highest BCUT2D eigenvalue weighted by molar-refractivity contribution is 5.93. The van der Waals surface area contributed by atoms with Crippen LogP contribution < -0.4 is 15.0 Å². The molecule has 1 aromatic carbocycles. The maximum Gasteiger partial charge on any atom is 0.221 e. The van der Waals surface area contributed by atoms with E-state index in [1.54, 1.807) is 6.33 Å². The van der Waals surface area contributed by atoms with Crippen LogP contribution >= 0.6 is 0 Å². The molecule has 2 aliphatic rings. The van der Waals surface area contributed by atoms with E-state index in [0.29, 0.717) is 6.54 Å². The normalized spacial score (nSPS) is 17.7. The van der Waals surface area contributed by atoms with Gasteiger partial charge < -0.3 is 15.0 Å². The summed E-state index contributed by atoms with van der Waals surface area (Å²) in [5.74, 6) is 1.61. The van der Waals surface area contributed by atoms with E-state index < -0.39 is 0 Å². The molecule has 5 rings (SSSR count). The molecule has 1 aliphatic heterocycles. The lowest BCUT2D eigenvalue weighted by molar-refractivity contribution is -0.118. The summed E-state index contributed by atoms with van der Waals surface area (Å²) in [6.45, 7) is 7.18. The molecule has 8 nitrogen and oxygen atoms in total. The Bertz CT molecular complexity index is 1190. The third-order valence-corrected chi connectivity index (χ3v) is 6.02. The van der Waals surface area contributed by atoms with E-state index in [-0.39, 0.29) is 11.5 Å². The molecule has 31 heavy (non-hydrogen) atoms. The fourth-order valence-electron chi connectivity index (χ4n) is 3.88. The summed E-state index contributed by atoms with van der Waals surface area (Å²) in [5.41, 5.74) is 4.57. The maximum atomic E-state index is 11.5. The zero-order chi connectivity index (χ0) is 21.6. The number of hydrogen-bond acceptors (Lipinski definition) is 6. The first-order chi connectivity index (χ1) is 14.9. The molecular formula is C23H26N6O2. The average Bonchev–Trinajstić information content (AvgIpc) is 3.31. The summed E-state index contributed by atoms with van der Waals surface area (Å²) in [4.78, 5) is 22.7. The summed E-state index contributed by atoms with van der Waals surface area (Å²) in [5, 5.41) is 11.5. The van der Waals surface area contributed by atoms with Gasteiger partial charge in [-0.1, -0.05) is 5.57 Å². The number of aromatic amines is 1. The Morgan fingerprint density at radius 2 is 2.10 bits per heavy atom. The second kappa shape index (κ2) is 7.37. The summed E-state index contributed by atoms with van der Waals surface area (Å²) < 4.78 is 6.13. The molecule has 1 aliphatic carbocycles. The average molecular weight is 419 g/mol. The number of fused-ring (bicyclic) bond motifs is 1. The molecule has 1 saturated carbocycles. The third kappa shape index (κ3) is 3.97. The van der Waals surface area contributed by atoms with Gasteiger partial charge in [-0.3, -0.25) is 9.89 Å². The van der Waals surface area contributed by atoms with Gasteiger partial charge in [0.15, 0.2) is 0 Å². The summed E-state index contributed by atoms with van der Waals surface area (Å²) >= 11 is 0. The molecule has 3 heterocycles. The summed E-state index contributed by atoms with van der Waals surface area (Å²) in [6, 6.07) is 7.96. The lowest BCUT2D eigenvalue weighted by atomic mass is 10.1. The van der Waals surface area contributed by atoms with Crippen molar-refractivity contribution in [1.29, 1.82) is 0 Å². The smallest absolute Gasteiger partial charge is 0.221 e. The van der Waals surface area contributed by atoms with Gasteiger partial charge in [-0.25, -0.2) is 9.97 Å². The van der Waals surface area contributed by atoms with Gasteiger partial charge in [0.2, 0.25) is 5.91 Å². The highest BCUT2D eigenvalue weighted by Crippen LogP contribution is 2.40. The number of carbonyl (C=O) groups excluding carboxylic acids is 1. The van der Waals surface area contributed by atoms with E-state index >= 15 is 0 Å². The zero-order valence-corrected chi connectivity index (χ0v) is 18.0. The van der Waals surface area contributed by atoms with Crippen LogP contribution in [-0.2, 0) is 4.79 Å². The topological polar surface area (TPSA) is 96.0 Å². The molecule has 3 aromatic rings. The molecule has 160 valence electrons. The van der Waals surface area contributed by atoms with Gasteiger partial charge in [-0.2, -0.15) is 5.10 Å². The number of hydrogen-bond donors (Lipinski definition) is 2. The minimum Gasteiger partial charge on any atom is -0.488 e. The van der Waals surface area contributed by atoms with Crippen LogP contribution in [0.25, 0.3) is 22.3 Å². The van der Waals surface area contributed by atoms with E-state index in [0.717, 1.165) is 65.4 Å². The number of amides is 1. The SMILES string of the molecule is CC(=O)NC1=C(C)CCN(c2cc(-c3n[nH]c4ccc(OC5(C)CC5)cc34)ncn2)C1. The molecule has 0 spiro atoms. The van der Waals surface area contributed by atoms with Gasteiger partial charge in [0.1, 0.15) is 29.2 Å². The Labute approximate surface area is 180 Å². The number of carbonyl (C=O) groups is 1. The minimum absolute atomic E-state index is 0.0365. The largest absolute Gasteiger partial charge is 0.488 e. The number of benzene rings is 1.